The van der Waals surface area contributed by atoms with E-state index >= 15 is 0 Å². The minimum Gasteiger partial charge on any atom is -0.481 e. The molecule has 0 aliphatic heterocycles. The maximum Gasteiger partial charge on any atom is 0.308 e. The molecule has 0 fully saturated rings. The second-order valence-electron chi connectivity index (χ2n) is 5.96. The third-order valence-corrected chi connectivity index (χ3v) is 5.52. The van der Waals surface area contributed by atoms with E-state index in [-0.39, 0.29) is 4.90 Å². The molecule has 2 rings (SSSR count). The van der Waals surface area contributed by atoms with Crippen LogP contribution in [0.2, 0.25) is 0 Å². The maximum atomic E-state index is 12.6. The van der Waals surface area contributed by atoms with Crippen LogP contribution in [0.15, 0.2) is 35.2 Å². The number of nitrogens with one attached hydrogen (secondary N) is 1. The van der Waals surface area contributed by atoms with E-state index in [1.54, 1.807) is 24.3 Å². The number of benzene rings is 1. The first-order chi connectivity index (χ1) is 10.7. The van der Waals surface area contributed by atoms with Crippen LogP contribution >= 0.6 is 0 Å². The van der Waals surface area contributed by atoms with Crippen LogP contribution in [0.1, 0.15) is 18.4 Å². The van der Waals surface area contributed by atoms with Crippen LogP contribution in [-0.2, 0) is 14.8 Å². The zero-order valence-corrected chi connectivity index (χ0v) is 14.3. The summed E-state index contributed by atoms with van der Waals surface area (Å²) in [6.45, 7) is 1.91. The van der Waals surface area contributed by atoms with Gasteiger partial charge < -0.3 is 10.0 Å². The molecule has 0 aromatic heterocycles. The fourth-order valence-electron chi connectivity index (χ4n) is 2.72. The van der Waals surface area contributed by atoms with Crippen molar-refractivity contribution < 1.29 is 18.3 Å². The number of hydrogen-bond acceptors (Lipinski definition) is 4. The molecule has 0 radical (unpaired) electrons. The number of sulfonamides is 1. The van der Waals surface area contributed by atoms with E-state index in [0.717, 1.165) is 11.3 Å². The number of carboxylic acids is 1. The first-order valence-electron chi connectivity index (χ1n) is 7.40. The Morgan fingerprint density at radius 3 is 2.52 bits per heavy atom. The monoisotopic (exact) mass is 338 g/mol. The highest BCUT2D eigenvalue weighted by molar-refractivity contribution is 7.89. The van der Waals surface area contributed by atoms with E-state index < -0.39 is 28.0 Å². The van der Waals surface area contributed by atoms with Gasteiger partial charge >= 0.3 is 5.97 Å². The average Bonchev–Trinajstić information content (AvgIpc) is 2.47. The number of carboxylic acid groups (broad SMARTS) is 1. The van der Waals surface area contributed by atoms with Crippen LogP contribution < -0.4 is 9.62 Å². The number of aliphatic carboxylic acids is 1. The molecule has 0 heterocycles. The summed E-state index contributed by atoms with van der Waals surface area (Å²) >= 11 is 0. The van der Waals surface area contributed by atoms with Crippen LogP contribution in [0.25, 0.3) is 0 Å². The van der Waals surface area contributed by atoms with Crippen molar-refractivity contribution in [2.24, 2.45) is 5.92 Å². The molecule has 7 heteroatoms. The molecule has 1 aromatic carbocycles. The molecule has 1 aromatic rings. The zero-order chi connectivity index (χ0) is 17.2. The van der Waals surface area contributed by atoms with Crippen molar-refractivity contribution in [2.45, 2.75) is 30.7 Å². The predicted octanol–water partition coefficient (Wildman–Crippen LogP) is 1.76. The average molecular weight is 338 g/mol. The first kappa shape index (κ1) is 17.5. The topological polar surface area (TPSA) is 86.7 Å². The van der Waals surface area contributed by atoms with Crippen molar-refractivity contribution in [2.75, 3.05) is 19.0 Å². The highest BCUT2D eigenvalue weighted by Gasteiger charge is 2.32. The molecule has 0 amide bonds. The summed E-state index contributed by atoms with van der Waals surface area (Å²) in [7, 11) is -0.0814. The third-order valence-electron chi connectivity index (χ3n) is 4.03. The second-order valence-corrected chi connectivity index (χ2v) is 7.67. The smallest absolute Gasteiger partial charge is 0.308 e. The van der Waals surface area contributed by atoms with Crippen molar-refractivity contribution in [3.63, 3.8) is 0 Å². The van der Waals surface area contributed by atoms with Gasteiger partial charge in [0, 0.05) is 25.8 Å². The Labute approximate surface area is 136 Å². The quantitative estimate of drug-likeness (QED) is 0.799. The van der Waals surface area contributed by atoms with Crippen LogP contribution in [0.3, 0.4) is 0 Å². The number of allylic oxidation sites excluding steroid dienone is 1. The summed E-state index contributed by atoms with van der Waals surface area (Å²) in [6, 6.07) is 4.26. The molecular formula is C16H22N2O4S. The number of carbonyl (C=O) groups is 1. The van der Waals surface area contributed by atoms with Gasteiger partial charge in [-0.2, -0.15) is 0 Å². The van der Waals surface area contributed by atoms with E-state index in [2.05, 4.69) is 4.72 Å². The molecule has 2 atom stereocenters. The molecule has 0 unspecified atom stereocenters. The van der Waals surface area contributed by atoms with Gasteiger partial charge in [-0.1, -0.05) is 18.2 Å². The van der Waals surface area contributed by atoms with Gasteiger partial charge in [-0.3, -0.25) is 4.79 Å². The fourth-order valence-corrected chi connectivity index (χ4v) is 4.03. The lowest BCUT2D eigenvalue weighted by Crippen LogP contribution is -2.44. The van der Waals surface area contributed by atoms with Crippen molar-refractivity contribution in [1.29, 1.82) is 0 Å². The molecule has 1 aliphatic rings. The van der Waals surface area contributed by atoms with Crippen molar-refractivity contribution in [3.8, 4) is 0 Å². The standard InChI is InChI=1S/C16H22N2O4S/c1-11-8-9-12(10-15(11)18(2)3)23(21,22)17-14-7-5-4-6-13(14)16(19)20/h4-5,8-10,13-14,17H,6-7H2,1-3H3,(H,19,20)/t13-,14+/m0/s1. The van der Waals surface area contributed by atoms with E-state index in [9.17, 15) is 18.3 Å². The fraction of sp³-hybridized carbons (Fsp3) is 0.438. The first-order valence-corrected chi connectivity index (χ1v) is 8.89. The number of rotatable bonds is 5. The normalized spacial score (nSPS) is 21.2. The summed E-state index contributed by atoms with van der Waals surface area (Å²) in [5, 5.41) is 9.25. The number of aryl methyl sites for hydroxylation is 1. The lowest BCUT2D eigenvalue weighted by atomic mass is 9.90. The van der Waals surface area contributed by atoms with E-state index in [1.165, 1.54) is 0 Å². The number of hydrogen-bond donors (Lipinski definition) is 2. The molecule has 2 N–H and O–H groups in total. The molecule has 126 valence electrons. The Morgan fingerprint density at radius 2 is 1.91 bits per heavy atom. The van der Waals surface area contributed by atoms with Crippen molar-refractivity contribution in [1.82, 2.24) is 4.72 Å². The van der Waals surface area contributed by atoms with Crippen LogP contribution in [0, 0.1) is 12.8 Å². The summed E-state index contributed by atoms with van der Waals surface area (Å²) in [4.78, 5) is 13.3. The molecule has 0 spiro atoms. The summed E-state index contributed by atoms with van der Waals surface area (Å²) in [5.74, 6) is -1.73. The number of anilines is 1. The molecule has 0 saturated carbocycles. The Kier molecular flexibility index (Phi) is 5.11. The Hall–Kier alpha value is -1.86. The predicted molar refractivity (Wildman–Crippen MR) is 89.1 cm³/mol. The summed E-state index contributed by atoms with van der Waals surface area (Å²) in [5.41, 5.74) is 1.78. The highest BCUT2D eigenvalue weighted by Crippen LogP contribution is 2.25. The Morgan fingerprint density at radius 1 is 1.26 bits per heavy atom. The summed E-state index contributed by atoms with van der Waals surface area (Å²) < 4.78 is 27.8. The number of nitrogens with zero attached hydrogens (tertiary/aromatic N) is 1. The van der Waals surface area contributed by atoms with Crippen molar-refractivity contribution in [3.05, 3.63) is 35.9 Å². The van der Waals surface area contributed by atoms with Gasteiger partial charge in [0.15, 0.2) is 0 Å². The van der Waals surface area contributed by atoms with Crippen LogP contribution in [0.5, 0.6) is 0 Å². The van der Waals surface area contributed by atoms with E-state index in [1.807, 2.05) is 32.0 Å². The van der Waals surface area contributed by atoms with Gasteiger partial charge in [-0.05, 0) is 37.5 Å². The lowest BCUT2D eigenvalue weighted by molar-refractivity contribution is -0.142. The molecule has 0 saturated heterocycles. The van der Waals surface area contributed by atoms with E-state index in [0.29, 0.717) is 12.8 Å². The summed E-state index contributed by atoms with van der Waals surface area (Å²) in [6.07, 6.45) is 4.30. The van der Waals surface area contributed by atoms with Crippen LogP contribution in [-0.4, -0.2) is 39.6 Å². The van der Waals surface area contributed by atoms with Gasteiger partial charge in [0.2, 0.25) is 10.0 Å². The molecule has 6 nitrogen and oxygen atoms in total. The minimum absolute atomic E-state index is 0.144. The zero-order valence-electron chi connectivity index (χ0n) is 13.5. The Bertz CT molecular complexity index is 726. The van der Waals surface area contributed by atoms with Gasteiger partial charge in [0.25, 0.3) is 0 Å². The van der Waals surface area contributed by atoms with Gasteiger partial charge in [0.05, 0.1) is 10.8 Å². The van der Waals surface area contributed by atoms with Gasteiger partial charge in [0.1, 0.15) is 0 Å². The van der Waals surface area contributed by atoms with E-state index in [4.69, 9.17) is 0 Å². The largest absolute Gasteiger partial charge is 0.481 e. The highest BCUT2D eigenvalue weighted by atomic mass is 32.2. The SMILES string of the molecule is Cc1ccc(S(=O)(=O)N[C@@H]2CC=CC[C@@H]2C(=O)O)cc1N(C)C. The minimum atomic E-state index is -3.77. The lowest BCUT2D eigenvalue weighted by Gasteiger charge is -2.26. The Balaban J connectivity index is 2.30. The molecule has 23 heavy (non-hydrogen) atoms. The molecular weight excluding hydrogens is 316 g/mol. The van der Waals surface area contributed by atoms with Gasteiger partial charge in [-0.15, -0.1) is 0 Å². The third kappa shape index (κ3) is 3.92. The van der Waals surface area contributed by atoms with Crippen LogP contribution in [0.4, 0.5) is 5.69 Å². The molecule has 0 bridgehead atoms. The molecule has 1 aliphatic carbocycles. The van der Waals surface area contributed by atoms with Gasteiger partial charge in [-0.25, -0.2) is 13.1 Å². The van der Waals surface area contributed by atoms with Crippen molar-refractivity contribution >= 4 is 21.7 Å². The second kappa shape index (κ2) is 6.72. The maximum absolute atomic E-state index is 12.6.